The molecule has 1 aliphatic carbocycles. The highest BCUT2D eigenvalue weighted by atomic mass is 35.5. The zero-order valence-corrected chi connectivity index (χ0v) is 19.5. The van der Waals surface area contributed by atoms with E-state index in [0.717, 1.165) is 37.8 Å². The third kappa shape index (κ3) is 5.50. The van der Waals surface area contributed by atoms with Gasteiger partial charge in [-0.15, -0.1) is 0 Å². The molecule has 3 aromatic rings. The molecule has 1 amide bonds. The summed E-state index contributed by atoms with van der Waals surface area (Å²) in [6, 6.07) is 5.57. The first-order valence-electron chi connectivity index (χ1n) is 10.8. The maximum Gasteiger partial charge on any atom is 0.255 e. The number of nitrogens with zero attached hydrogens (tertiary/aromatic N) is 1. The van der Waals surface area contributed by atoms with Crippen LogP contribution in [0.2, 0.25) is 10.0 Å². The highest BCUT2D eigenvalue weighted by Crippen LogP contribution is 2.34. The number of halogens is 4. The summed E-state index contributed by atoms with van der Waals surface area (Å²) in [7, 11) is 0. The molecule has 0 spiro atoms. The van der Waals surface area contributed by atoms with Crippen molar-refractivity contribution in [3.05, 3.63) is 45.7 Å². The number of hydrogen-bond acceptors (Lipinski definition) is 4. The molecule has 1 heterocycles. The van der Waals surface area contributed by atoms with Crippen molar-refractivity contribution < 1.29 is 18.3 Å². The SMILES string of the molecule is CC1CCC(NC(=O)c2cc3[nH]c(Nc4c(Cl)cc(F)cc4Cl)nc3cc2OCCF)CC1. The van der Waals surface area contributed by atoms with Crippen LogP contribution in [0.3, 0.4) is 0 Å². The first-order valence-corrected chi connectivity index (χ1v) is 11.5. The molecule has 3 N–H and O–H groups in total. The average Bonchev–Trinajstić information content (AvgIpc) is 3.17. The third-order valence-electron chi connectivity index (χ3n) is 5.76. The molecule has 0 aliphatic heterocycles. The van der Waals surface area contributed by atoms with E-state index in [1.54, 1.807) is 12.1 Å². The Kier molecular flexibility index (Phi) is 7.24. The highest BCUT2D eigenvalue weighted by molar-refractivity contribution is 6.39. The number of anilines is 2. The number of alkyl halides is 1. The molecule has 33 heavy (non-hydrogen) atoms. The van der Waals surface area contributed by atoms with Crippen LogP contribution < -0.4 is 15.4 Å². The molecule has 0 bridgehead atoms. The van der Waals surface area contributed by atoms with Crippen molar-refractivity contribution in [3.8, 4) is 5.75 Å². The van der Waals surface area contributed by atoms with E-state index in [2.05, 4.69) is 27.5 Å². The third-order valence-corrected chi connectivity index (χ3v) is 6.36. The lowest BCUT2D eigenvalue weighted by molar-refractivity contribution is 0.0918. The summed E-state index contributed by atoms with van der Waals surface area (Å²) in [4.78, 5) is 20.5. The number of H-pyrrole nitrogens is 1. The highest BCUT2D eigenvalue weighted by Gasteiger charge is 2.23. The molecule has 1 saturated carbocycles. The Hall–Kier alpha value is -2.58. The van der Waals surface area contributed by atoms with Crippen LogP contribution in [0, 0.1) is 11.7 Å². The molecule has 4 rings (SSSR count). The van der Waals surface area contributed by atoms with E-state index in [1.165, 1.54) is 0 Å². The Balaban J connectivity index is 1.62. The van der Waals surface area contributed by atoms with Crippen molar-refractivity contribution in [1.82, 2.24) is 15.3 Å². The first-order chi connectivity index (χ1) is 15.8. The summed E-state index contributed by atoms with van der Waals surface area (Å²) in [6.07, 6.45) is 3.98. The van der Waals surface area contributed by atoms with Gasteiger partial charge in [-0.2, -0.15) is 0 Å². The first kappa shape index (κ1) is 23.6. The number of hydrogen-bond donors (Lipinski definition) is 3. The molecule has 1 fully saturated rings. The Labute approximate surface area is 200 Å². The average molecular weight is 497 g/mol. The molecule has 0 atom stereocenters. The maximum absolute atomic E-state index is 13.5. The molecular weight excluding hydrogens is 473 g/mol. The Morgan fingerprint density at radius 2 is 1.88 bits per heavy atom. The molecule has 6 nitrogen and oxygen atoms in total. The summed E-state index contributed by atoms with van der Waals surface area (Å²) in [5, 5.41) is 6.19. The molecule has 0 radical (unpaired) electrons. The monoisotopic (exact) mass is 496 g/mol. The fraction of sp³-hybridized carbons (Fsp3) is 0.391. The van der Waals surface area contributed by atoms with Crippen LogP contribution in [-0.2, 0) is 0 Å². The number of aromatic nitrogens is 2. The minimum absolute atomic E-state index is 0.0919. The zero-order valence-electron chi connectivity index (χ0n) is 18.0. The molecule has 10 heteroatoms. The van der Waals surface area contributed by atoms with Gasteiger partial charge in [-0.05, 0) is 49.8 Å². The van der Waals surface area contributed by atoms with Crippen LogP contribution in [0.25, 0.3) is 11.0 Å². The largest absolute Gasteiger partial charge is 0.490 e. The van der Waals surface area contributed by atoms with Gasteiger partial charge in [0.15, 0.2) is 0 Å². The van der Waals surface area contributed by atoms with Gasteiger partial charge in [0.05, 0.1) is 32.3 Å². The van der Waals surface area contributed by atoms with Gasteiger partial charge >= 0.3 is 0 Å². The van der Waals surface area contributed by atoms with Crippen LogP contribution in [0.1, 0.15) is 43.0 Å². The summed E-state index contributed by atoms with van der Waals surface area (Å²) >= 11 is 12.2. The topological polar surface area (TPSA) is 79.0 Å². The fourth-order valence-electron chi connectivity index (χ4n) is 3.99. The molecule has 1 aromatic heterocycles. The molecule has 176 valence electrons. The van der Waals surface area contributed by atoms with Crippen LogP contribution in [-0.4, -0.2) is 35.2 Å². The lowest BCUT2D eigenvalue weighted by atomic mass is 9.87. The Bertz CT molecular complexity index is 1140. The quantitative estimate of drug-likeness (QED) is 0.353. The van der Waals surface area contributed by atoms with Crippen molar-refractivity contribution in [1.29, 1.82) is 0 Å². The normalized spacial score (nSPS) is 18.3. The smallest absolute Gasteiger partial charge is 0.255 e. The maximum atomic E-state index is 13.5. The van der Waals surface area contributed by atoms with Gasteiger partial charge < -0.3 is 20.4 Å². The lowest BCUT2D eigenvalue weighted by Crippen LogP contribution is -2.37. The number of nitrogens with one attached hydrogen (secondary N) is 3. The number of aromatic amines is 1. The molecule has 2 aromatic carbocycles. The van der Waals surface area contributed by atoms with E-state index < -0.39 is 12.5 Å². The van der Waals surface area contributed by atoms with Gasteiger partial charge in [-0.25, -0.2) is 13.8 Å². The predicted molar refractivity (Wildman–Crippen MR) is 126 cm³/mol. The van der Waals surface area contributed by atoms with Crippen molar-refractivity contribution >= 4 is 51.8 Å². The van der Waals surface area contributed by atoms with Crippen molar-refractivity contribution in [2.75, 3.05) is 18.6 Å². The minimum atomic E-state index is -0.686. The molecular formula is C23H24Cl2F2N4O2. The number of fused-ring (bicyclic) bond motifs is 1. The van der Waals surface area contributed by atoms with E-state index in [-0.39, 0.29) is 46.0 Å². The van der Waals surface area contributed by atoms with Crippen molar-refractivity contribution in [3.63, 3.8) is 0 Å². The standard InChI is InChI=1S/C23H24Cl2F2N4O2/c1-12-2-4-14(5-3-12)28-22(32)15-10-18-19(11-20(15)33-7-6-26)30-23(29-18)31-21-16(24)8-13(27)9-17(21)25/h8-12,14H,2-7H2,1H3,(H,28,32)(H2,29,30,31). The Morgan fingerprint density at radius 3 is 2.55 bits per heavy atom. The summed E-state index contributed by atoms with van der Waals surface area (Å²) in [6.45, 7) is 1.35. The van der Waals surface area contributed by atoms with Gasteiger partial charge in [0.1, 0.15) is 24.8 Å². The lowest BCUT2D eigenvalue weighted by Gasteiger charge is -2.27. The second kappa shape index (κ2) is 10.1. The zero-order chi connectivity index (χ0) is 23.5. The van der Waals surface area contributed by atoms with Gasteiger partial charge in [-0.1, -0.05) is 30.1 Å². The molecule has 0 unspecified atom stereocenters. The van der Waals surface area contributed by atoms with Crippen LogP contribution in [0.5, 0.6) is 5.75 Å². The van der Waals surface area contributed by atoms with Gasteiger partial charge in [-0.3, -0.25) is 4.79 Å². The second-order valence-corrected chi connectivity index (χ2v) is 9.10. The summed E-state index contributed by atoms with van der Waals surface area (Å²) < 4.78 is 31.8. The number of benzene rings is 2. The van der Waals surface area contributed by atoms with Gasteiger partial charge in [0, 0.05) is 12.1 Å². The van der Waals surface area contributed by atoms with Crippen molar-refractivity contribution in [2.45, 2.75) is 38.6 Å². The van der Waals surface area contributed by atoms with Crippen LogP contribution in [0.15, 0.2) is 24.3 Å². The van der Waals surface area contributed by atoms with Gasteiger partial charge in [0.2, 0.25) is 5.95 Å². The van der Waals surface area contributed by atoms with Crippen LogP contribution in [0.4, 0.5) is 20.4 Å². The number of imidazole rings is 1. The number of carbonyl (C=O) groups is 1. The number of ether oxygens (including phenoxy) is 1. The van der Waals surface area contributed by atoms with Crippen molar-refractivity contribution in [2.24, 2.45) is 5.92 Å². The predicted octanol–water partition coefficient (Wildman–Crippen LogP) is 6.41. The van der Waals surface area contributed by atoms with Gasteiger partial charge in [0.25, 0.3) is 5.91 Å². The number of carbonyl (C=O) groups excluding carboxylic acids is 1. The summed E-state index contributed by atoms with van der Waals surface area (Å²) in [5.74, 6) is 0.363. The fourth-order valence-corrected chi connectivity index (χ4v) is 4.54. The minimum Gasteiger partial charge on any atom is -0.490 e. The van der Waals surface area contributed by atoms with Crippen LogP contribution >= 0.6 is 23.2 Å². The molecule has 1 aliphatic rings. The van der Waals surface area contributed by atoms with E-state index >= 15 is 0 Å². The van der Waals surface area contributed by atoms with E-state index in [9.17, 15) is 13.6 Å². The van der Waals surface area contributed by atoms with E-state index in [4.69, 9.17) is 27.9 Å². The Morgan fingerprint density at radius 1 is 1.18 bits per heavy atom. The second-order valence-electron chi connectivity index (χ2n) is 8.29. The van der Waals surface area contributed by atoms with E-state index in [0.29, 0.717) is 22.5 Å². The number of amides is 1. The molecule has 0 saturated heterocycles. The number of rotatable bonds is 7. The van der Waals surface area contributed by atoms with E-state index in [1.807, 2.05) is 0 Å². The summed E-state index contributed by atoms with van der Waals surface area (Å²) in [5.41, 5.74) is 1.63.